The summed E-state index contributed by atoms with van der Waals surface area (Å²) in [6, 6.07) is 28.5. The van der Waals surface area contributed by atoms with Gasteiger partial charge >= 0.3 is 0 Å². The monoisotopic (exact) mass is 758 g/mol. The normalized spacial score (nSPS) is 14.9. The minimum atomic E-state index is -0.0227. The van der Waals surface area contributed by atoms with Gasteiger partial charge in [-0.05, 0) is 129 Å². The molecule has 0 aliphatic carbocycles. The van der Waals surface area contributed by atoms with Gasteiger partial charge in [0.2, 0.25) is 0 Å². The maximum absolute atomic E-state index is 6.36. The lowest BCUT2D eigenvalue weighted by Crippen LogP contribution is -2.61. The second-order valence-corrected chi connectivity index (χ2v) is 20.5. The molecule has 0 fully saturated rings. The number of benzene rings is 5. The van der Waals surface area contributed by atoms with Crippen molar-refractivity contribution >= 4 is 78.0 Å². The fourth-order valence-corrected chi connectivity index (χ4v) is 10.7. The summed E-state index contributed by atoms with van der Waals surface area (Å²) in [6.45, 7) is 31.1. The lowest BCUT2D eigenvalue weighted by atomic mass is 9.33. The van der Waals surface area contributed by atoms with Crippen molar-refractivity contribution in [3.63, 3.8) is 0 Å². The molecule has 0 bridgehead atoms. The molecule has 1 aromatic heterocycles. The molecule has 9 rings (SSSR count). The zero-order chi connectivity index (χ0) is 39.8. The zero-order valence-electron chi connectivity index (χ0n) is 35.5. The zero-order valence-corrected chi connectivity index (χ0v) is 36.4. The van der Waals surface area contributed by atoms with Gasteiger partial charge in [-0.15, -0.1) is 11.3 Å². The van der Waals surface area contributed by atoms with Crippen molar-refractivity contribution in [2.75, 3.05) is 23.0 Å². The van der Waals surface area contributed by atoms with Gasteiger partial charge in [-0.3, -0.25) is 0 Å². The lowest BCUT2D eigenvalue weighted by Gasteiger charge is -2.45. The molecule has 0 unspecified atom stereocenters. The first-order valence-electron chi connectivity index (χ1n) is 20.3. The number of ether oxygens (including phenoxy) is 2. The molecule has 0 spiro atoms. The third kappa shape index (κ3) is 5.53. The molecule has 3 aliphatic rings. The fraction of sp³-hybridized carbons (Fsp3) is 0.360. The van der Waals surface area contributed by atoms with Crippen LogP contribution in [-0.2, 0) is 16.2 Å². The number of hydrogen-bond donors (Lipinski definition) is 0. The Kier molecular flexibility index (Phi) is 8.19. The maximum atomic E-state index is 6.36. The van der Waals surface area contributed by atoms with Gasteiger partial charge in [0.15, 0.2) is 11.5 Å². The predicted molar refractivity (Wildman–Crippen MR) is 242 cm³/mol. The Morgan fingerprint density at radius 1 is 0.571 bits per heavy atom. The topological polar surface area (TPSA) is 24.9 Å². The van der Waals surface area contributed by atoms with Crippen LogP contribution >= 0.6 is 11.3 Å². The first-order valence-corrected chi connectivity index (χ1v) is 21.1. The van der Waals surface area contributed by atoms with E-state index in [0.29, 0.717) is 13.2 Å². The molecule has 0 saturated carbocycles. The molecule has 0 amide bonds. The molecule has 0 radical (unpaired) electrons. The molecular formula is C50H55BN2O2S. The average molecular weight is 759 g/mol. The quantitative estimate of drug-likeness (QED) is 0.164. The second kappa shape index (κ2) is 12.4. The summed E-state index contributed by atoms with van der Waals surface area (Å²) in [4.78, 5) is 5.17. The standard InChI is InChI=1S/C50H55BN2O2S/c1-28-23-34(50(11,12)13)24-29(2)44(28)53-39-16-14-15-38-43(39)51(42-35-26-32(48(5,6)7)18-20-41(35)56-47(42)53)36-27-33(49(8,9)10)17-19-37(36)52(38)45-30(3)25-40-46(31(45)4)55-22-21-54-40/h14-20,23-27H,21-22H2,1-13H3. The number of aryl methyl sites for hydroxylation is 3. The van der Waals surface area contributed by atoms with Gasteiger partial charge in [-0.1, -0.05) is 105 Å². The van der Waals surface area contributed by atoms with Crippen LogP contribution < -0.4 is 35.7 Å². The van der Waals surface area contributed by atoms with Crippen molar-refractivity contribution in [2.45, 2.75) is 106 Å². The van der Waals surface area contributed by atoms with Crippen LogP contribution in [0.1, 0.15) is 101 Å². The first-order chi connectivity index (χ1) is 26.3. The number of fused-ring (bicyclic) bond motifs is 7. The van der Waals surface area contributed by atoms with Crippen molar-refractivity contribution in [3.8, 4) is 11.5 Å². The van der Waals surface area contributed by atoms with Crippen molar-refractivity contribution in [1.29, 1.82) is 0 Å². The third-order valence-electron chi connectivity index (χ3n) is 12.4. The van der Waals surface area contributed by atoms with Crippen molar-refractivity contribution < 1.29 is 9.47 Å². The van der Waals surface area contributed by atoms with Crippen LogP contribution in [0.4, 0.5) is 33.4 Å². The van der Waals surface area contributed by atoms with E-state index in [2.05, 4.69) is 173 Å². The SMILES string of the molecule is Cc1cc(C(C)(C)C)cc(C)c1N1c2cccc3c2B(c2cc(C(C)(C)C)ccc2N3c2c(C)cc3c(c2C)OCCO3)c2c1sc1ccc(C(C)(C)C)cc21. The largest absolute Gasteiger partial charge is 0.486 e. The maximum Gasteiger partial charge on any atom is 0.254 e. The van der Waals surface area contributed by atoms with Gasteiger partial charge in [0, 0.05) is 27.3 Å². The summed E-state index contributed by atoms with van der Waals surface area (Å²) in [5.74, 6) is 1.69. The van der Waals surface area contributed by atoms with E-state index in [9.17, 15) is 0 Å². The van der Waals surface area contributed by atoms with E-state index in [4.69, 9.17) is 9.47 Å². The molecule has 3 aliphatic heterocycles. The van der Waals surface area contributed by atoms with Gasteiger partial charge in [-0.25, -0.2) is 0 Å². The van der Waals surface area contributed by atoms with Crippen molar-refractivity contribution in [3.05, 3.63) is 112 Å². The lowest BCUT2D eigenvalue weighted by molar-refractivity contribution is 0.170. The van der Waals surface area contributed by atoms with E-state index in [1.54, 1.807) is 0 Å². The molecule has 4 nitrogen and oxygen atoms in total. The first kappa shape index (κ1) is 36.9. The molecule has 0 atom stereocenters. The number of anilines is 6. The number of thiophene rings is 1. The Morgan fingerprint density at radius 2 is 1.16 bits per heavy atom. The smallest absolute Gasteiger partial charge is 0.254 e. The van der Waals surface area contributed by atoms with Crippen LogP contribution in [-0.4, -0.2) is 19.9 Å². The van der Waals surface area contributed by atoms with E-state index in [-0.39, 0.29) is 23.0 Å². The van der Waals surface area contributed by atoms with Crippen molar-refractivity contribution in [1.82, 2.24) is 0 Å². The predicted octanol–water partition coefficient (Wildman–Crippen LogP) is 11.9. The molecule has 4 heterocycles. The van der Waals surface area contributed by atoms with Gasteiger partial charge in [0.1, 0.15) is 13.2 Å². The summed E-state index contributed by atoms with van der Waals surface area (Å²) in [5.41, 5.74) is 19.2. The summed E-state index contributed by atoms with van der Waals surface area (Å²) in [7, 11) is 0. The summed E-state index contributed by atoms with van der Waals surface area (Å²) in [5, 5.41) is 2.68. The molecule has 0 saturated heterocycles. The number of nitrogens with zero attached hydrogens (tertiary/aromatic N) is 2. The van der Waals surface area contributed by atoms with E-state index < -0.39 is 0 Å². The highest BCUT2D eigenvalue weighted by Gasteiger charge is 2.46. The van der Waals surface area contributed by atoms with Crippen LogP contribution in [0, 0.1) is 27.7 Å². The summed E-state index contributed by atoms with van der Waals surface area (Å²) >= 11 is 1.95. The van der Waals surface area contributed by atoms with Gasteiger partial charge in [0.25, 0.3) is 6.71 Å². The minimum absolute atomic E-state index is 0.0182. The summed E-state index contributed by atoms with van der Waals surface area (Å²) < 4.78 is 13.8. The highest BCUT2D eigenvalue weighted by atomic mass is 32.1. The van der Waals surface area contributed by atoms with Gasteiger partial charge in [0.05, 0.1) is 16.4 Å². The highest BCUT2D eigenvalue weighted by molar-refractivity contribution is 7.26. The molecule has 56 heavy (non-hydrogen) atoms. The highest BCUT2D eigenvalue weighted by Crippen LogP contribution is 2.52. The van der Waals surface area contributed by atoms with Gasteiger partial charge in [-0.2, -0.15) is 0 Å². The van der Waals surface area contributed by atoms with Crippen LogP contribution in [0.5, 0.6) is 11.5 Å². The average Bonchev–Trinajstić information content (AvgIpc) is 3.50. The van der Waals surface area contributed by atoms with E-state index in [1.165, 1.54) is 87.6 Å². The Morgan fingerprint density at radius 3 is 1.82 bits per heavy atom. The number of hydrogen-bond acceptors (Lipinski definition) is 5. The fourth-order valence-electron chi connectivity index (χ4n) is 9.44. The van der Waals surface area contributed by atoms with Crippen molar-refractivity contribution in [2.24, 2.45) is 0 Å². The van der Waals surface area contributed by atoms with Crippen LogP contribution in [0.25, 0.3) is 10.1 Å². The molecule has 286 valence electrons. The second-order valence-electron chi connectivity index (χ2n) is 19.5. The van der Waals surface area contributed by atoms with Crippen LogP contribution in [0.2, 0.25) is 0 Å². The Bertz CT molecular complexity index is 2590. The molecular weight excluding hydrogens is 703 g/mol. The van der Waals surface area contributed by atoms with E-state index in [0.717, 1.165) is 22.7 Å². The van der Waals surface area contributed by atoms with Crippen LogP contribution in [0.3, 0.4) is 0 Å². The minimum Gasteiger partial charge on any atom is -0.486 e. The van der Waals surface area contributed by atoms with E-state index >= 15 is 0 Å². The molecule has 6 aromatic rings. The Balaban J connectivity index is 1.42. The number of rotatable bonds is 2. The van der Waals surface area contributed by atoms with Gasteiger partial charge < -0.3 is 19.3 Å². The molecule has 0 N–H and O–H groups in total. The summed E-state index contributed by atoms with van der Waals surface area (Å²) in [6.07, 6.45) is 0. The Hall–Kier alpha value is -4.68. The third-order valence-corrected chi connectivity index (χ3v) is 13.5. The Labute approximate surface area is 338 Å². The molecule has 5 aromatic carbocycles. The van der Waals surface area contributed by atoms with E-state index in [1.807, 2.05) is 11.3 Å². The van der Waals surface area contributed by atoms with Crippen LogP contribution in [0.15, 0.2) is 72.8 Å². The molecule has 6 heteroatoms.